The van der Waals surface area contributed by atoms with Crippen LogP contribution in [0.3, 0.4) is 0 Å². The van der Waals surface area contributed by atoms with Crippen molar-refractivity contribution >= 4 is 34.7 Å². The van der Waals surface area contributed by atoms with Crippen molar-refractivity contribution in [1.29, 1.82) is 0 Å². The van der Waals surface area contributed by atoms with Crippen LogP contribution >= 0.6 is 23.2 Å². The van der Waals surface area contributed by atoms with Crippen LogP contribution in [0.4, 0.5) is 11.5 Å². The molecule has 0 saturated carbocycles. The Morgan fingerprint density at radius 2 is 1.52 bits per heavy atom. The molecule has 0 fully saturated rings. The van der Waals surface area contributed by atoms with Gasteiger partial charge in [-0.2, -0.15) is 0 Å². The number of aromatic nitrogens is 2. The van der Waals surface area contributed by atoms with Gasteiger partial charge in [-0.3, -0.25) is 4.98 Å². The number of nitrogens with zero attached hydrogens (tertiary/aromatic N) is 2. The molecule has 3 rings (SSSR count). The van der Waals surface area contributed by atoms with Crippen LogP contribution in [0, 0.1) is 0 Å². The molecule has 0 saturated heterocycles. The van der Waals surface area contributed by atoms with Crippen molar-refractivity contribution in [1.82, 2.24) is 9.97 Å². The Labute approximate surface area is 132 Å². The van der Waals surface area contributed by atoms with Gasteiger partial charge in [0.05, 0.1) is 0 Å². The summed E-state index contributed by atoms with van der Waals surface area (Å²) in [6, 6.07) is 13.1. The quantitative estimate of drug-likeness (QED) is 0.722. The van der Waals surface area contributed by atoms with Gasteiger partial charge in [0.15, 0.2) is 0 Å². The lowest BCUT2D eigenvalue weighted by molar-refractivity contribution is 1.29. The van der Waals surface area contributed by atoms with E-state index in [0.717, 1.165) is 22.6 Å². The molecule has 0 unspecified atom stereocenters. The number of hydrogen-bond donors (Lipinski definition) is 1. The van der Waals surface area contributed by atoms with E-state index in [9.17, 15) is 0 Å². The van der Waals surface area contributed by atoms with Crippen LogP contribution < -0.4 is 5.32 Å². The van der Waals surface area contributed by atoms with E-state index in [2.05, 4.69) is 15.3 Å². The molecule has 0 spiro atoms. The van der Waals surface area contributed by atoms with Crippen LogP contribution in [-0.2, 0) is 0 Å². The van der Waals surface area contributed by atoms with Gasteiger partial charge in [0.25, 0.3) is 0 Å². The van der Waals surface area contributed by atoms with E-state index in [-0.39, 0.29) is 0 Å². The molecule has 1 aromatic carbocycles. The Morgan fingerprint density at radius 1 is 0.810 bits per heavy atom. The van der Waals surface area contributed by atoms with E-state index in [1.807, 2.05) is 30.5 Å². The lowest BCUT2D eigenvalue weighted by atomic mass is 10.1. The molecule has 1 N–H and O–H groups in total. The highest BCUT2D eigenvalue weighted by molar-refractivity contribution is 6.35. The predicted molar refractivity (Wildman–Crippen MR) is 87.2 cm³/mol. The van der Waals surface area contributed by atoms with E-state index < -0.39 is 0 Å². The second-order valence-corrected chi connectivity index (χ2v) is 5.32. The molecule has 21 heavy (non-hydrogen) atoms. The van der Waals surface area contributed by atoms with Gasteiger partial charge < -0.3 is 5.32 Å². The molecule has 0 amide bonds. The van der Waals surface area contributed by atoms with Crippen LogP contribution in [-0.4, -0.2) is 9.97 Å². The number of pyridine rings is 2. The van der Waals surface area contributed by atoms with E-state index in [1.165, 1.54) is 0 Å². The summed E-state index contributed by atoms with van der Waals surface area (Å²) < 4.78 is 0. The third-order valence-corrected chi connectivity index (χ3v) is 3.35. The molecule has 0 aliphatic rings. The van der Waals surface area contributed by atoms with Gasteiger partial charge in [0, 0.05) is 39.9 Å². The largest absolute Gasteiger partial charge is 0.340 e. The topological polar surface area (TPSA) is 37.8 Å². The van der Waals surface area contributed by atoms with Gasteiger partial charge in [-0.25, -0.2) is 4.98 Å². The third kappa shape index (κ3) is 3.51. The Morgan fingerprint density at radius 3 is 2.14 bits per heavy atom. The fourth-order valence-electron chi connectivity index (χ4n) is 1.96. The molecule has 0 aliphatic heterocycles. The highest BCUT2D eigenvalue weighted by Gasteiger charge is 2.01. The summed E-state index contributed by atoms with van der Waals surface area (Å²) in [5.74, 6) is 0.728. The zero-order chi connectivity index (χ0) is 14.7. The first-order valence-corrected chi connectivity index (χ1v) is 7.06. The summed E-state index contributed by atoms with van der Waals surface area (Å²) >= 11 is 11.9. The van der Waals surface area contributed by atoms with Crippen LogP contribution in [0.5, 0.6) is 0 Å². The van der Waals surface area contributed by atoms with Crippen molar-refractivity contribution in [2.45, 2.75) is 0 Å². The summed E-state index contributed by atoms with van der Waals surface area (Å²) in [5, 5.41) is 4.34. The first-order chi connectivity index (χ1) is 10.2. The van der Waals surface area contributed by atoms with Crippen molar-refractivity contribution in [3.63, 3.8) is 0 Å². The van der Waals surface area contributed by atoms with Crippen LogP contribution in [0.1, 0.15) is 0 Å². The monoisotopic (exact) mass is 315 g/mol. The Kier molecular flexibility index (Phi) is 4.04. The fraction of sp³-hybridized carbons (Fsp3) is 0. The molecular formula is C16H11Cl2N3. The number of benzene rings is 1. The minimum absolute atomic E-state index is 0.582. The predicted octanol–water partition coefficient (Wildman–Crippen LogP) is 5.19. The molecule has 104 valence electrons. The van der Waals surface area contributed by atoms with E-state index in [0.29, 0.717) is 10.0 Å². The molecule has 2 heterocycles. The third-order valence-electron chi connectivity index (χ3n) is 2.91. The standard InChI is InChI=1S/C16H11Cl2N3/c17-13-7-14(18)9-15(8-13)21-16-2-1-12(10-20-16)11-3-5-19-6-4-11/h1-10H,(H,20,21). The summed E-state index contributed by atoms with van der Waals surface area (Å²) in [6.07, 6.45) is 5.33. The molecule has 3 aromatic rings. The van der Waals surface area contributed by atoms with Gasteiger partial charge in [0.2, 0.25) is 0 Å². The Bertz CT molecular complexity index is 723. The van der Waals surface area contributed by atoms with Gasteiger partial charge in [-0.05, 0) is 48.0 Å². The van der Waals surface area contributed by atoms with Crippen LogP contribution in [0.15, 0.2) is 61.1 Å². The SMILES string of the molecule is Clc1cc(Cl)cc(Nc2ccc(-c3ccncc3)cn2)c1. The minimum atomic E-state index is 0.582. The highest BCUT2D eigenvalue weighted by atomic mass is 35.5. The summed E-state index contributed by atoms with van der Waals surface area (Å²) in [4.78, 5) is 8.40. The van der Waals surface area contributed by atoms with Gasteiger partial charge in [-0.1, -0.05) is 23.2 Å². The van der Waals surface area contributed by atoms with Gasteiger partial charge >= 0.3 is 0 Å². The van der Waals surface area contributed by atoms with Crippen molar-refractivity contribution < 1.29 is 0 Å². The number of halogens is 2. The maximum Gasteiger partial charge on any atom is 0.130 e. The van der Waals surface area contributed by atoms with E-state index in [1.54, 1.807) is 30.6 Å². The zero-order valence-electron chi connectivity index (χ0n) is 10.9. The van der Waals surface area contributed by atoms with Gasteiger partial charge in [-0.15, -0.1) is 0 Å². The number of anilines is 2. The van der Waals surface area contributed by atoms with Crippen molar-refractivity contribution in [2.24, 2.45) is 0 Å². The molecule has 0 bridgehead atoms. The van der Waals surface area contributed by atoms with Crippen LogP contribution in [0.2, 0.25) is 10.0 Å². The molecule has 2 aromatic heterocycles. The second kappa shape index (κ2) is 6.12. The van der Waals surface area contributed by atoms with Crippen molar-refractivity contribution in [3.05, 3.63) is 71.1 Å². The molecule has 5 heteroatoms. The maximum atomic E-state index is 5.97. The first kappa shape index (κ1) is 13.9. The average molecular weight is 316 g/mol. The number of rotatable bonds is 3. The zero-order valence-corrected chi connectivity index (χ0v) is 12.4. The maximum absolute atomic E-state index is 5.97. The normalized spacial score (nSPS) is 10.4. The molecule has 3 nitrogen and oxygen atoms in total. The first-order valence-electron chi connectivity index (χ1n) is 6.30. The van der Waals surface area contributed by atoms with Gasteiger partial charge in [0.1, 0.15) is 5.82 Å². The molecule has 0 atom stereocenters. The average Bonchev–Trinajstić information content (AvgIpc) is 2.48. The summed E-state index contributed by atoms with van der Waals surface area (Å²) in [7, 11) is 0. The lowest BCUT2D eigenvalue weighted by Gasteiger charge is -2.07. The van der Waals surface area contributed by atoms with E-state index >= 15 is 0 Å². The fourth-order valence-corrected chi connectivity index (χ4v) is 2.48. The highest BCUT2D eigenvalue weighted by Crippen LogP contribution is 2.25. The lowest BCUT2D eigenvalue weighted by Crippen LogP contribution is -1.93. The summed E-state index contributed by atoms with van der Waals surface area (Å²) in [5.41, 5.74) is 2.92. The summed E-state index contributed by atoms with van der Waals surface area (Å²) in [6.45, 7) is 0. The second-order valence-electron chi connectivity index (χ2n) is 4.45. The molecular weight excluding hydrogens is 305 g/mol. The Hall–Kier alpha value is -2.10. The van der Waals surface area contributed by atoms with Crippen molar-refractivity contribution in [2.75, 3.05) is 5.32 Å². The molecule has 0 aliphatic carbocycles. The van der Waals surface area contributed by atoms with Crippen LogP contribution in [0.25, 0.3) is 11.1 Å². The number of hydrogen-bond acceptors (Lipinski definition) is 3. The minimum Gasteiger partial charge on any atom is -0.340 e. The van der Waals surface area contributed by atoms with Crippen molar-refractivity contribution in [3.8, 4) is 11.1 Å². The Balaban J connectivity index is 1.81. The van der Waals surface area contributed by atoms with E-state index in [4.69, 9.17) is 23.2 Å². The smallest absolute Gasteiger partial charge is 0.130 e. The number of nitrogens with one attached hydrogen (secondary N) is 1. The molecule has 0 radical (unpaired) electrons.